The fourth-order valence-electron chi connectivity index (χ4n) is 3.39. The Kier molecular flexibility index (Phi) is 3.27. The molecule has 0 amide bonds. The SMILES string of the molecule is CCC(=O)O[C@@H]1CC=C2C=C3OC(=O)C(C)=C3C[C@]2(C)C1. The van der Waals surface area contributed by atoms with Gasteiger partial charge in [-0.15, -0.1) is 0 Å². The minimum Gasteiger partial charge on any atom is -0.462 e. The third-order valence-corrected chi connectivity index (χ3v) is 4.68. The first kappa shape index (κ1) is 14.1. The van der Waals surface area contributed by atoms with Crippen LogP contribution < -0.4 is 0 Å². The van der Waals surface area contributed by atoms with Gasteiger partial charge in [0.25, 0.3) is 0 Å². The van der Waals surface area contributed by atoms with Crippen LogP contribution in [0.5, 0.6) is 0 Å². The molecule has 0 aromatic carbocycles. The second kappa shape index (κ2) is 4.86. The minimum atomic E-state index is -0.243. The van der Waals surface area contributed by atoms with E-state index in [1.807, 2.05) is 13.0 Å². The van der Waals surface area contributed by atoms with Gasteiger partial charge in [0.15, 0.2) is 0 Å². The summed E-state index contributed by atoms with van der Waals surface area (Å²) >= 11 is 0. The quantitative estimate of drug-likeness (QED) is 0.732. The highest BCUT2D eigenvalue weighted by Gasteiger charge is 2.43. The molecule has 0 bridgehead atoms. The normalized spacial score (nSPS) is 31.0. The summed E-state index contributed by atoms with van der Waals surface area (Å²) in [6.07, 6.45) is 6.71. The second-order valence-corrected chi connectivity index (χ2v) is 6.30. The molecule has 0 aromatic heterocycles. The van der Waals surface area contributed by atoms with Crippen molar-refractivity contribution < 1.29 is 19.1 Å². The Bertz CT molecular complexity index is 608. The highest BCUT2D eigenvalue weighted by atomic mass is 16.5. The largest absolute Gasteiger partial charge is 0.462 e. The zero-order valence-corrected chi connectivity index (χ0v) is 12.7. The van der Waals surface area contributed by atoms with E-state index in [1.54, 1.807) is 6.92 Å². The smallest absolute Gasteiger partial charge is 0.339 e. The van der Waals surface area contributed by atoms with Crippen molar-refractivity contribution in [2.75, 3.05) is 0 Å². The first-order valence-electron chi connectivity index (χ1n) is 7.47. The van der Waals surface area contributed by atoms with Crippen molar-refractivity contribution >= 4 is 11.9 Å². The van der Waals surface area contributed by atoms with Crippen LogP contribution in [0.2, 0.25) is 0 Å². The molecule has 4 heteroatoms. The molecule has 0 N–H and O–H groups in total. The molecule has 2 aliphatic carbocycles. The van der Waals surface area contributed by atoms with Crippen molar-refractivity contribution in [3.8, 4) is 0 Å². The Morgan fingerprint density at radius 1 is 1.52 bits per heavy atom. The van der Waals surface area contributed by atoms with Crippen molar-refractivity contribution in [1.82, 2.24) is 0 Å². The summed E-state index contributed by atoms with van der Waals surface area (Å²) in [7, 11) is 0. The predicted molar refractivity (Wildman–Crippen MR) is 77.1 cm³/mol. The van der Waals surface area contributed by atoms with E-state index in [2.05, 4.69) is 13.0 Å². The molecular weight excluding hydrogens is 268 g/mol. The van der Waals surface area contributed by atoms with Crippen molar-refractivity contribution in [3.63, 3.8) is 0 Å². The van der Waals surface area contributed by atoms with Crippen LogP contribution in [-0.4, -0.2) is 18.0 Å². The average Bonchev–Trinajstić information content (AvgIpc) is 2.70. The van der Waals surface area contributed by atoms with Crippen LogP contribution >= 0.6 is 0 Å². The minimum absolute atomic E-state index is 0.0694. The van der Waals surface area contributed by atoms with Gasteiger partial charge in [-0.05, 0) is 31.4 Å². The number of hydrogen-bond acceptors (Lipinski definition) is 4. The van der Waals surface area contributed by atoms with E-state index < -0.39 is 0 Å². The number of carbonyl (C=O) groups is 2. The molecule has 2 atom stereocenters. The monoisotopic (exact) mass is 288 g/mol. The zero-order valence-electron chi connectivity index (χ0n) is 12.7. The Labute approximate surface area is 124 Å². The molecule has 0 saturated heterocycles. The first-order valence-corrected chi connectivity index (χ1v) is 7.47. The van der Waals surface area contributed by atoms with Crippen LogP contribution in [0.1, 0.15) is 46.5 Å². The Morgan fingerprint density at radius 2 is 2.29 bits per heavy atom. The lowest BCUT2D eigenvalue weighted by Gasteiger charge is -2.40. The van der Waals surface area contributed by atoms with Gasteiger partial charge in [0.1, 0.15) is 11.9 Å². The lowest BCUT2D eigenvalue weighted by molar-refractivity contribution is -0.150. The first-order chi connectivity index (χ1) is 9.93. The van der Waals surface area contributed by atoms with Gasteiger partial charge in [-0.3, -0.25) is 4.79 Å². The van der Waals surface area contributed by atoms with Gasteiger partial charge >= 0.3 is 11.9 Å². The van der Waals surface area contributed by atoms with E-state index in [0.29, 0.717) is 17.8 Å². The molecule has 1 aliphatic heterocycles. The van der Waals surface area contributed by atoms with E-state index in [-0.39, 0.29) is 23.5 Å². The lowest BCUT2D eigenvalue weighted by atomic mass is 9.66. The maximum Gasteiger partial charge on any atom is 0.339 e. The van der Waals surface area contributed by atoms with E-state index in [4.69, 9.17) is 9.47 Å². The Morgan fingerprint density at radius 3 is 3.00 bits per heavy atom. The molecule has 1 heterocycles. The maximum atomic E-state index is 11.7. The number of allylic oxidation sites excluding steroid dienone is 3. The lowest BCUT2D eigenvalue weighted by Crippen LogP contribution is -2.34. The van der Waals surface area contributed by atoms with Crippen LogP contribution in [0.3, 0.4) is 0 Å². The highest BCUT2D eigenvalue weighted by Crippen LogP contribution is 2.51. The molecule has 3 aliphatic rings. The highest BCUT2D eigenvalue weighted by molar-refractivity contribution is 5.94. The second-order valence-electron chi connectivity index (χ2n) is 6.30. The van der Waals surface area contributed by atoms with Gasteiger partial charge in [-0.25, -0.2) is 4.79 Å². The summed E-state index contributed by atoms with van der Waals surface area (Å²) in [6.45, 7) is 5.79. The fourth-order valence-corrected chi connectivity index (χ4v) is 3.39. The van der Waals surface area contributed by atoms with Gasteiger partial charge in [0, 0.05) is 29.4 Å². The molecule has 21 heavy (non-hydrogen) atoms. The van der Waals surface area contributed by atoms with Gasteiger partial charge in [0.2, 0.25) is 0 Å². The summed E-state index contributed by atoms with van der Waals surface area (Å²) in [5.41, 5.74) is 2.80. The molecule has 0 fully saturated rings. The fraction of sp³-hybridized carbons (Fsp3) is 0.529. The van der Waals surface area contributed by atoms with Crippen molar-refractivity contribution in [1.29, 1.82) is 0 Å². The average molecular weight is 288 g/mol. The number of hydrogen-bond donors (Lipinski definition) is 0. The molecule has 0 spiro atoms. The van der Waals surface area contributed by atoms with Crippen molar-refractivity contribution in [2.45, 2.75) is 52.6 Å². The topological polar surface area (TPSA) is 52.6 Å². The standard InChI is InChI=1S/C17H20O4/c1-4-15(18)20-12-6-5-11-7-14-13(9-17(11,3)8-12)10(2)16(19)21-14/h5,7,12H,4,6,8-9H2,1-3H3/t12-,17+/m1/s1. The van der Waals surface area contributed by atoms with Crippen LogP contribution in [-0.2, 0) is 19.1 Å². The maximum absolute atomic E-state index is 11.7. The number of fused-ring (bicyclic) bond motifs is 2. The summed E-state index contributed by atoms with van der Waals surface area (Å²) in [4.78, 5) is 23.2. The number of carbonyl (C=O) groups excluding carboxylic acids is 2. The third kappa shape index (κ3) is 2.33. The van der Waals surface area contributed by atoms with E-state index in [1.165, 1.54) is 5.57 Å². The molecule has 0 unspecified atom stereocenters. The molecule has 3 rings (SSSR count). The molecule has 0 aromatic rings. The van der Waals surface area contributed by atoms with Crippen molar-refractivity contribution in [3.05, 3.63) is 34.6 Å². The summed E-state index contributed by atoms with van der Waals surface area (Å²) in [5, 5.41) is 0. The third-order valence-electron chi connectivity index (χ3n) is 4.68. The van der Waals surface area contributed by atoms with E-state index >= 15 is 0 Å². The van der Waals surface area contributed by atoms with Gasteiger partial charge in [0.05, 0.1) is 0 Å². The van der Waals surface area contributed by atoms with Crippen LogP contribution in [0.4, 0.5) is 0 Å². The molecule has 0 radical (unpaired) electrons. The molecule has 0 saturated carbocycles. The summed E-state index contributed by atoms with van der Waals surface area (Å²) < 4.78 is 10.8. The molecule has 4 nitrogen and oxygen atoms in total. The summed E-state index contributed by atoms with van der Waals surface area (Å²) in [5.74, 6) is 0.306. The van der Waals surface area contributed by atoms with Gasteiger partial charge < -0.3 is 9.47 Å². The molecule has 112 valence electrons. The summed E-state index contributed by atoms with van der Waals surface area (Å²) in [6, 6.07) is 0. The van der Waals surface area contributed by atoms with E-state index in [9.17, 15) is 9.59 Å². The Hall–Kier alpha value is -1.84. The zero-order chi connectivity index (χ0) is 15.2. The molecular formula is C17H20O4. The van der Waals surface area contributed by atoms with Gasteiger partial charge in [-0.1, -0.05) is 19.9 Å². The van der Waals surface area contributed by atoms with Crippen LogP contribution in [0.15, 0.2) is 34.6 Å². The predicted octanol–water partition coefficient (Wildman–Crippen LogP) is 3.20. The Balaban J connectivity index is 1.88. The number of ether oxygens (including phenoxy) is 2. The van der Waals surface area contributed by atoms with E-state index in [0.717, 1.165) is 24.8 Å². The number of esters is 2. The number of rotatable bonds is 2. The van der Waals surface area contributed by atoms with Crippen molar-refractivity contribution in [2.24, 2.45) is 5.41 Å². The van der Waals surface area contributed by atoms with Gasteiger partial charge in [-0.2, -0.15) is 0 Å². The van der Waals surface area contributed by atoms with Crippen LogP contribution in [0.25, 0.3) is 0 Å². The van der Waals surface area contributed by atoms with Crippen LogP contribution in [0, 0.1) is 5.41 Å².